The Morgan fingerprint density at radius 1 is 0.947 bits per heavy atom. The van der Waals surface area contributed by atoms with Crippen molar-refractivity contribution >= 4 is 0 Å². The van der Waals surface area contributed by atoms with Gasteiger partial charge in [0.2, 0.25) is 5.82 Å². The van der Waals surface area contributed by atoms with E-state index in [4.69, 9.17) is 0 Å². The van der Waals surface area contributed by atoms with Crippen LogP contribution in [0.3, 0.4) is 0 Å². The number of benzene rings is 2. The maximum Gasteiger partial charge on any atom is 0.208 e. The lowest BCUT2D eigenvalue weighted by molar-refractivity contribution is 0.477. The highest BCUT2D eigenvalue weighted by Gasteiger charge is 2.09. The Morgan fingerprint density at radius 3 is 2.47 bits per heavy atom. The van der Waals surface area contributed by atoms with Gasteiger partial charge in [0.25, 0.3) is 0 Å². The minimum Gasteiger partial charge on any atom is -0.507 e. The molecule has 3 rings (SSSR count). The number of hydrogen-bond acceptors (Lipinski definition) is 4. The van der Waals surface area contributed by atoms with Crippen LogP contribution in [0.25, 0.3) is 11.4 Å². The van der Waals surface area contributed by atoms with Crippen molar-refractivity contribution in [1.82, 2.24) is 20.2 Å². The second kappa shape index (κ2) is 4.89. The molecule has 1 heterocycles. The molecule has 1 N–H and O–H groups in total. The molecule has 19 heavy (non-hydrogen) atoms. The topological polar surface area (TPSA) is 63.8 Å². The highest BCUT2D eigenvalue weighted by Crippen LogP contribution is 2.24. The van der Waals surface area contributed by atoms with Gasteiger partial charge in [-0.2, -0.15) is 4.80 Å². The van der Waals surface area contributed by atoms with Crippen LogP contribution in [0.1, 0.15) is 5.56 Å². The number of nitrogens with zero attached hydrogens (tertiary/aromatic N) is 4. The van der Waals surface area contributed by atoms with Crippen molar-refractivity contribution in [2.24, 2.45) is 0 Å². The van der Waals surface area contributed by atoms with Crippen LogP contribution in [-0.2, 0) is 6.54 Å². The molecule has 3 aromatic rings. The predicted molar refractivity (Wildman–Crippen MR) is 70.5 cm³/mol. The van der Waals surface area contributed by atoms with E-state index in [1.807, 2.05) is 36.4 Å². The number of hydrogen-bond donors (Lipinski definition) is 1. The van der Waals surface area contributed by atoms with Gasteiger partial charge >= 0.3 is 0 Å². The molecule has 94 valence electrons. The van der Waals surface area contributed by atoms with E-state index in [0.717, 1.165) is 5.56 Å². The molecule has 0 bridgehead atoms. The quantitative estimate of drug-likeness (QED) is 0.775. The second-order valence-corrected chi connectivity index (χ2v) is 4.15. The molecule has 0 spiro atoms. The summed E-state index contributed by atoms with van der Waals surface area (Å²) < 4.78 is 0. The van der Waals surface area contributed by atoms with E-state index in [1.165, 1.54) is 4.80 Å². The summed E-state index contributed by atoms with van der Waals surface area (Å²) in [4.78, 5) is 1.51. The first-order valence-corrected chi connectivity index (χ1v) is 5.93. The van der Waals surface area contributed by atoms with Gasteiger partial charge in [-0.1, -0.05) is 42.5 Å². The Morgan fingerprint density at radius 2 is 1.68 bits per heavy atom. The third-order valence-electron chi connectivity index (χ3n) is 2.76. The van der Waals surface area contributed by atoms with Crippen molar-refractivity contribution < 1.29 is 5.11 Å². The summed E-state index contributed by atoms with van der Waals surface area (Å²) in [7, 11) is 0. The smallest absolute Gasteiger partial charge is 0.208 e. The molecule has 0 saturated carbocycles. The molecule has 0 atom stereocenters. The van der Waals surface area contributed by atoms with Crippen molar-refractivity contribution in [1.29, 1.82) is 0 Å². The number of tetrazole rings is 1. The van der Waals surface area contributed by atoms with E-state index >= 15 is 0 Å². The normalized spacial score (nSPS) is 10.5. The Hall–Kier alpha value is -2.69. The zero-order valence-electron chi connectivity index (χ0n) is 10.1. The molecule has 0 unspecified atom stereocenters. The van der Waals surface area contributed by atoms with E-state index in [-0.39, 0.29) is 5.75 Å². The number of phenols is 1. The van der Waals surface area contributed by atoms with Crippen LogP contribution in [0.4, 0.5) is 0 Å². The van der Waals surface area contributed by atoms with Crippen LogP contribution in [-0.4, -0.2) is 25.3 Å². The number of phenolic OH excluding ortho intramolecular Hbond substituents is 1. The van der Waals surface area contributed by atoms with Gasteiger partial charge in [0.1, 0.15) is 5.75 Å². The van der Waals surface area contributed by atoms with Crippen LogP contribution in [0.5, 0.6) is 5.75 Å². The highest BCUT2D eigenvalue weighted by atomic mass is 16.3. The van der Waals surface area contributed by atoms with Gasteiger partial charge in [-0.15, -0.1) is 10.2 Å². The van der Waals surface area contributed by atoms with Crippen LogP contribution >= 0.6 is 0 Å². The van der Waals surface area contributed by atoms with Crippen LogP contribution in [0, 0.1) is 0 Å². The summed E-state index contributed by atoms with van der Waals surface area (Å²) >= 11 is 0. The molecule has 0 saturated heterocycles. The van der Waals surface area contributed by atoms with Crippen molar-refractivity contribution in [3.05, 3.63) is 60.2 Å². The van der Waals surface area contributed by atoms with E-state index in [9.17, 15) is 5.11 Å². The summed E-state index contributed by atoms with van der Waals surface area (Å²) in [6.07, 6.45) is 0. The third kappa shape index (κ3) is 2.44. The van der Waals surface area contributed by atoms with E-state index in [0.29, 0.717) is 17.9 Å². The highest BCUT2D eigenvalue weighted by molar-refractivity contribution is 5.62. The first-order chi connectivity index (χ1) is 9.33. The summed E-state index contributed by atoms with van der Waals surface area (Å²) in [5.41, 5.74) is 1.69. The summed E-state index contributed by atoms with van der Waals surface area (Å²) in [6, 6.07) is 16.9. The Kier molecular flexibility index (Phi) is 2.94. The maximum absolute atomic E-state index is 9.75. The monoisotopic (exact) mass is 252 g/mol. The fraction of sp³-hybridized carbons (Fsp3) is 0.0714. The minimum atomic E-state index is 0.154. The lowest BCUT2D eigenvalue weighted by atomic mass is 10.2. The number of para-hydroxylation sites is 1. The van der Waals surface area contributed by atoms with Crippen molar-refractivity contribution in [3.8, 4) is 17.1 Å². The van der Waals surface area contributed by atoms with E-state index in [1.54, 1.807) is 18.2 Å². The Balaban J connectivity index is 1.86. The van der Waals surface area contributed by atoms with Gasteiger partial charge in [0.05, 0.1) is 12.1 Å². The predicted octanol–water partition coefficient (Wildman–Crippen LogP) is 2.09. The Labute approximate surface area is 110 Å². The molecule has 0 amide bonds. The molecule has 0 aliphatic heterocycles. The second-order valence-electron chi connectivity index (χ2n) is 4.15. The summed E-state index contributed by atoms with van der Waals surface area (Å²) in [5, 5.41) is 22.0. The summed E-state index contributed by atoms with van der Waals surface area (Å²) in [6.45, 7) is 0.557. The first kappa shape index (κ1) is 11.4. The van der Waals surface area contributed by atoms with Crippen LogP contribution in [0.15, 0.2) is 54.6 Å². The van der Waals surface area contributed by atoms with E-state index in [2.05, 4.69) is 15.4 Å². The standard InChI is InChI=1S/C14H12N4O/c19-13-9-5-4-8-12(13)14-15-17-18(16-14)10-11-6-2-1-3-7-11/h1-9,19H,10H2. The molecule has 1 aromatic heterocycles. The van der Waals surface area contributed by atoms with Crippen molar-refractivity contribution in [2.75, 3.05) is 0 Å². The molecule has 0 aliphatic carbocycles. The molecule has 0 aliphatic rings. The molecule has 2 aromatic carbocycles. The van der Waals surface area contributed by atoms with Gasteiger partial charge in [-0.05, 0) is 22.9 Å². The van der Waals surface area contributed by atoms with Gasteiger partial charge in [0.15, 0.2) is 0 Å². The largest absolute Gasteiger partial charge is 0.507 e. The molecule has 5 nitrogen and oxygen atoms in total. The Bertz CT molecular complexity index is 679. The van der Waals surface area contributed by atoms with Crippen LogP contribution in [0.2, 0.25) is 0 Å². The fourth-order valence-electron chi connectivity index (χ4n) is 1.83. The average molecular weight is 252 g/mol. The molecule has 0 radical (unpaired) electrons. The number of rotatable bonds is 3. The van der Waals surface area contributed by atoms with Gasteiger partial charge in [-0.25, -0.2) is 0 Å². The zero-order chi connectivity index (χ0) is 13.1. The van der Waals surface area contributed by atoms with Gasteiger partial charge < -0.3 is 5.11 Å². The van der Waals surface area contributed by atoms with Gasteiger partial charge in [-0.3, -0.25) is 0 Å². The summed E-state index contributed by atoms with van der Waals surface area (Å²) in [5.74, 6) is 0.579. The van der Waals surface area contributed by atoms with Gasteiger partial charge in [0, 0.05) is 0 Å². The fourth-order valence-corrected chi connectivity index (χ4v) is 1.83. The first-order valence-electron chi connectivity index (χ1n) is 5.93. The lowest BCUT2D eigenvalue weighted by Gasteiger charge is -1.99. The molecular weight excluding hydrogens is 240 g/mol. The van der Waals surface area contributed by atoms with Crippen molar-refractivity contribution in [2.45, 2.75) is 6.54 Å². The molecule has 5 heteroatoms. The van der Waals surface area contributed by atoms with Crippen LogP contribution < -0.4 is 0 Å². The SMILES string of the molecule is Oc1ccccc1-c1nnn(Cc2ccccc2)n1. The number of aromatic nitrogens is 4. The molecule has 0 fully saturated rings. The number of aromatic hydroxyl groups is 1. The third-order valence-corrected chi connectivity index (χ3v) is 2.76. The maximum atomic E-state index is 9.75. The van der Waals surface area contributed by atoms with E-state index < -0.39 is 0 Å². The lowest BCUT2D eigenvalue weighted by Crippen LogP contribution is -2.03. The molecular formula is C14H12N4O. The van der Waals surface area contributed by atoms with Crippen molar-refractivity contribution in [3.63, 3.8) is 0 Å². The minimum absolute atomic E-state index is 0.154. The zero-order valence-corrected chi connectivity index (χ0v) is 10.1. The average Bonchev–Trinajstić information content (AvgIpc) is 2.89.